The number of piperidine rings is 1. The fourth-order valence-corrected chi connectivity index (χ4v) is 5.00. The van der Waals surface area contributed by atoms with E-state index in [1.807, 2.05) is 18.2 Å². The number of ketones is 1. The molecular formula is C26H28N2O5. The molecule has 7 nitrogen and oxygen atoms in total. The van der Waals surface area contributed by atoms with Gasteiger partial charge in [0.15, 0.2) is 5.78 Å². The number of carbonyl (C=O) groups is 4. The summed E-state index contributed by atoms with van der Waals surface area (Å²) < 4.78 is 5.47. The molecule has 2 aliphatic rings. The van der Waals surface area contributed by atoms with E-state index in [0.717, 1.165) is 11.3 Å². The van der Waals surface area contributed by atoms with Crippen LogP contribution in [0.3, 0.4) is 0 Å². The molecule has 2 aromatic rings. The van der Waals surface area contributed by atoms with Gasteiger partial charge in [0.1, 0.15) is 5.75 Å². The Kier molecular flexibility index (Phi) is 6.31. The van der Waals surface area contributed by atoms with Gasteiger partial charge in [-0.1, -0.05) is 48.5 Å². The molecule has 2 saturated heterocycles. The molecule has 2 heterocycles. The molecule has 0 radical (unpaired) electrons. The minimum absolute atomic E-state index is 0.0272. The van der Waals surface area contributed by atoms with Crippen LogP contribution in [-0.4, -0.2) is 60.6 Å². The van der Waals surface area contributed by atoms with Gasteiger partial charge in [0.2, 0.25) is 17.7 Å². The number of likely N-dealkylation sites (tertiary alicyclic amines) is 2. The first-order valence-corrected chi connectivity index (χ1v) is 11.2. The number of hydrogen-bond donors (Lipinski definition) is 0. The number of ether oxygens (including phenoxy) is 1. The maximum absolute atomic E-state index is 13.5. The molecule has 33 heavy (non-hydrogen) atoms. The van der Waals surface area contributed by atoms with Crippen molar-refractivity contribution in [3.05, 3.63) is 65.7 Å². The standard InChI is InChI=1S/C26H28N2O5/c1-27-22(29)15-26(25(27)32,20-12-6-7-13-21(20)33-2)16-23(30)28-14-8-11-19(17-28)24(31)18-9-4-3-5-10-18/h3-7,9-10,12-13,19H,8,11,14-17H2,1-2H3. The SMILES string of the molecule is COc1ccccc1C1(CC(=O)N2CCCC(C(=O)c3ccccc3)C2)CC(=O)N(C)C1=O. The normalized spacial score (nSPS) is 23.0. The number of amides is 3. The zero-order valence-corrected chi connectivity index (χ0v) is 19.0. The maximum atomic E-state index is 13.5. The molecular weight excluding hydrogens is 420 g/mol. The largest absolute Gasteiger partial charge is 0.496 e. The maximum Gasteiger partial charge on any atom is 0.240 e. The van der Waals surface area contributed by atoms with Gasteiger partial charge < -0.3 is 9.64 Å². The van der Waals surface area contributed by atoms with Crippen molar-refractivity contribution < 1.29 is 23.9 Å². The number of likely N-dealkylation sites (N-methyl/N-ethyl adjacent to an activating group) is 1. The Bertz CT molecular complexity index is 1080. The number of para-hydroxylation sites is 1. The Labute approximate surface area is 193 Å². The second kappa shape index (κ2) is 9.17. The summed E-state index contributed by atoms with van der Waals surface area (Å²) in [5, 5.41) is 0. The molecule has 0 spiro atoms. The molecule has 0 aliphatic carbocycles. The van der Waals surface area contributed by atoms with Crippen LogP contribution < -0.4 is 4.74 Å². The molecule has 2 unspecified atom stereocenters. The van der Waals surface area contributed by atoms with Crippen LogP contribution in [0.25, 0.3) is 0 Å². The van der Waals surface area contributed by atoms with Gasteiger partial charge in [-0.15, -0.1) is 0 Å². The third kappa shape index (κ3) is 4.15. The van der Waals surface area contributed by atoms with Gasteiger partial charge in [0, 0.05) is 50.0 Å². The van der Waals surface area contributed by atoms with Gasteiger partial charge >= 0.3 is 0 Å². The van der Waals surface area contributed by atoms with Crippen molar-refractivity contribution in [2.45, 2.75) is 31.1 Å². The molecule has 2 atom stereocenters. The smallest absolute Gasteiger partial charge is 0.240 e. The number of methoxy groups -OCH3 is 1. The molecule has 172 valence electrons. The summed E-state index contributed by atoms with van der Waals surface area (Å²) in [5.41, 5.74) is -0.135. The van der Waals surface area contributed by atoms with Gasteiger partial charge in [-0.25, -0.2) is 0 Å². The van der Waals surface area contributed by atoms with Crippen LogP contribution in [0.15, 0.2) is 54.6 Å². The Hall–Kier alpha value is -3.48. The van der Waals surface area contributed by atoms with Crippen molar-refractivity contribution in [1.82, 2.24) is 9.80 Å². The second-order valence-electron chi connectivity index (χ2n) is 8.80. The molecule has 0 bridgehead atoms. The number of rotatable bonds is 6. The highest BCUT2D eigenvalue weighted by molar-refractivity contribution is 6.11. The number of imide groups is 1. The summed E-state index contributed by atoms with van der Waals surface area (Å²) in [6, 6.07) is 16.1. The first-order valence-electron chi connectivity index (χ1n) is 11.2. The van der Waals surface area contributed by atoms with E-state index in [1.165, 1.54) is 14.2 Å². The molecule has 2 aromatic carbocycles. The minimum Gasteiger partial charge on any atom is -0.496 e. The zero-order chi connectivity index (χ0) is 23.6. The molecule has 2 aliphatic heterocycles. The quantitative estimate of drug-likeness (QED) is 0.501. The van der Waals surface area contributed by atoms with Crippen LogP contribution in [0.5, 0.6) is 5.75 Å². The molecule has 4 rings (SSSR count). The van der Waals surface area contributed by atoms with Crippen LogP contribution >= 0.6 is 0 Å². The van der Waals surface area contributed by atoms with Crippen molar-refractivity contribution in [3.63, 3.8) is 0 Å². The van der Waals surface area contributed by atoms with Crippen molar-refractivity contribution in [1.29, 1.82) is 0 Å². The van der Waals surface area contributed by atoms with Crippen molar-refractivity contribution >= 4 is 23.5 Å². The van der Waals surface area contributed by atoms with E-state index in [2.05, 4.69) is 0 Å². The summed E-state index contributed by atoms with van der Waals surface area (Å²) in [6.45, 7) is 0.837. The van der Waals surface area contributed by atoms with E-state index in [-0.39, 0.29) is 36.4 Å². The topological polar surface area (TPSA) is 84.0 Å². The van der Waals surface area contributed by atoms with E-state index in [1.54, 1.807) is 41.3 Å². The van der Waals surface area contributed by atoms with Crippen molar-refractivity contribution in [3.8, 4) is 5.75 Å². The lowest BCUT2D eigenvalue weighted by Gasteiger charge is -2.35. The van der Waals surface area contributed by atoms with Gasteiger partial charge in [0.05, 0.1) is 12.5 Å². The summed E-state index contributed by atoms with van der Waals surface area (Å²) in [4.78, 5) is 55.0. The second-order valence-corrected chi connectivity index (χ2v) is 8.80. The van der Waals surface area contributed by atoms with Crippen LogP contribution in [0.2, 0.25) is 0 Å². The fraction of sp³-hybridized carbons (Fsp3) is 0.385. The lowest BCUT2D eigenvalue weighted by Crippen LogP contribution is -2.47. The number of hydrogen-bond acceptors (Lipinski definition) is 5. The predicted octanol–water partition coefficient (Wildman–Crippen LogP) is 2.83. The Morgan fingerprint density at radius 2 is 1.76 bits per heavy atom. The van der Waals surface area contributed by atoms with E-state index >= 15 is 0 Å². The Morgan fingerprint density at radius 3 is 2.42 bits per heavy atom. The molecule has 3 amide bonds. The highest BCUT2D eigenvalue weighted by Gasteiger charge is 2.54. The van der Waals surface area contributed by atoms with Crippen molar-refractivity contribution in [2.24, 2.45) is 5.92 Å². The number of benzene rings is 2. The predicted molar refractivity (Wildman–Crippen MR) is 122 cm³/mol. The van der Waals surface area contributed by atoms with Gasteiger partial charge in [0.25, 0.3) is 0 Å². The zero-order valence-electron chi connectivity index (χ0n) is 19.0. The summed E-state index contributed by atoms with van der Waals surface area (Å²) in [7, 11) is 2.95. The van der Waals surface area contributed by atoms with Gasteiger partial charge in [-0.3, -0.25) is 24.1 Å². The molecule has 0 aromatic heterocycles. The lowest BCUT2D eigenvalue weighted by molar-refractivity contribution is -0.142. The highest BCUT2D eigenvalue weighted by atomic mass is 16.5. The lowest BCUT2D eigenvalue weighted by atomic mass is 9.75. The van der Waals surface area contributed by atoms with E-state index < -0.39 is 11.3 Å². The van der Waals surface area contributed by atoms with E-state index in [4.69, 9.17) is 4.74 Å². The number of nitrogens with zero attached hydrogens (tertiary/aromatic N) is 2. The monoisotopic (exact) mass is 448 g/mol. The van der Waals surface area contributed by atoms with Crippen LogP contribution in [0, 0.1) is 5.92 Å². The molecule has 2 fully saturated rings. The summed E-state index contributed by atoms with van der Waals surface area (Å²) in [6.07, 6.45) is 1.20. The van der Waals surface area contributed by atoms with E-state index in [0.29, 0.717) is 36.4 Å². The van der Waals surface area contributed by atoms with Crippen molar-refractivity contribution in [2.75, 3.05) is 27.2 Å². The first kappa shape index (κ1) is 22.7. The Balaban J connectivity index is 1.60. The summed E-state index contributed by atoms with van der Waals surface area (Å²) >= 11 is 0. The van der Waals surface area contributed by atoms with Gasteiger partial charge in [-0.2, -0.15) is 0 Å². The van der Waals surface area contributed by atoms with Gasteiger partial charge in [-0.05, 0) is 18.9 Å². The van der Waals surface area contributed by atoms with Crippen LogP contribution in [0.1, 0.15) is 41.6 Å². The first-order chi connectivity index (χ1) is 15.9. The summed E-state index contributed by atoms with van der Waals surface area (Å²) in [5.74, 6) is -0.746. The molecule has 7 heteroatoms. The van der Waals surface area contributed by atoms with E-state index in [9.17, 15) is 19.2 Å². The third-order valence-electron chi connectivity index (χ3n) is 6.82. The third-order valence-corrected chi connectivity index (χ3v) is 6.82. The van der Waals surface area contributed by atoms with Crippen LogP contribution in [0.4, 0.5) is 0 Å². The molecule has 0 saturated carbocycles. The average molecular weight is 449 g/mol. The highest BCUT2D eigenvalue weighted by Crippen LogP contribution is 2.43. The van der Waals surface area contributed by atoms with Crippen LogP contribution in [-0.2, 0) is 19.8 Å². The number of Topliss-reactive ketones (excluding diaryl/α,β-unsaturated/α-hetero) is 1. The Morgan fingerprint density at radius 1 is 1.06 bits per heavy atom. The minimum atomic E-state index is -1.31. The average Bonchev–Trinajstić information content (AvgIpc) is 3.08. The fourth-order valence-electron chi connectivity index (χ4n) is 5.00. The number of carbonyl (C=O) groups excluding carboxylic acids is 4. The molecule has 0 N–H and O–H groups in total.